The van der Waals surface area contributed by atoms with Crippen LogP contribution < -0.4 is 5.73 Å². The van der Waals surface area contributed by atoms with Gasteiger partial charge in [0.1, 0.15) is 0 Å². The van der Waals surface area contributed by atoms with Gasteiger partial charge in [-0.05, 0) is 30.7 Å². The molecule has 4 heteroatoms. The molecule has 0 fully saturated rings. The molecule has 0 aliphatic carbocycles. The van der Waals surface area contributed by atoms with Crippen molar-refractivity contribution in [3.8, 4) is 11.4 Å². The standard InChI is InChI=1S/C13H12N4/c1-9-5-6-10(8-11(9)14)13-15-12-4-2-3-7-17(12)16-13/h2-8H,14H2,1H3. The van der Waals surface area contributed by atoms with Crippen molar-refractivity contribution in [3.63, 3.8) is 0 Å². The number of benzene rings is 1. The maximum atomic E-state index is 5.89. The minimum atomic E-state index is 0.697. The van der Waals surface area contributed by atoms with Gasteiger partial charge in [0.25, 0.3) is 0 Å². The maximum absolute atomic E-state index is 5.89. The van der Waals surface area contributed by atoms with Crippen LogP contribution in [0.2, 0.25) is 0 Å². The van der Waals surface area contributed by atoms with Gasteiger partial charge < -0.3 is 5.73 Å². The number of nitrogens with two attached hydrogens (primary N) is 1. The summed E-state index contributed by atoms with van der Waals surface area (Å²) in [7, 11) is 0. The van der Waals surface area contributed by atoms with Gasteiger partial charge in [0.15, 0.2) is 11.5 Å². The third-order valence-electron chi connectivity index (χ3n) is 2.78. The molecule has 0 aliphatic rings. The van der Waals surface area contributed by atoms with Crippen molar-refractivity contribution in [2.45, 2.75) is 6.92 Å². The van der Waals surface area contributed by atoms with Crippen molar-refractivity contribution >= 4 is 11.3 Å². The molecule has 0 bridgehead atoms. The maximum Gasteiger partial charge on any atom is 0.182 e. The predicted octanol–water partition coefficient (Wildman–Crippen LogP) is 2.29. The molecule has 3 aromatic rings. The van der Waals surface area contributed by atoms with Crippen LogP contribution in [-0.4, -0.2) is 14.6 Å². The van der Waals surface area contributed by atoms with E-state index in [2.05, 4.69) is 10.1 Å². The fourth-order valence-corrected chi connectivity index (χ4v) is 1.73. The number of nitrogen functional groups attached to an aromatic ring is 1. The van der Waals surface area contributed by atoms with Gasteiger partial charge in [0, 0.05) is 17.4 Å². The van der Waals surface area contributed by atoms with Gasteiger partial charge >= 0.3 is 0 Å². The Kier molecular flexibility index (Phi) is 2.08. The summed E-state index contributed by atoms with van der Waals surface area (Å²) in [6, 6.07) is 11.7. The van der Waals surface area contributed by atoms with Crippen LogP contribution in [0.3, 0.4) is 0 Å². The van der Waals surface area contributed by atoms with Gasteiger partial charge in [-0.15, -0.1) is 5.10 Å². The van der Waals surface area contributed by atoms with Gasteiger partial charge in [-0.3, -0.25) is 0 Å². The summed E-state index contributed by atoms with van der Waals surface area (Å²) in [6.07, 6.45) is 1.88. The fourth-order valence-electron chi connectivity index (χ4n) is 1.73. The summed E-state index contributed by atoms with van der Waals surface area (Å²) in [5.74, 6) is 0.697. The van der Waals surface area contributed by atoms with Crippen LogP contribution in [0.5, 0.6) is 0 Å². The Morgan fingerprint density at radius 3 is 2.82 bits per heavy atom. The number of hydrogen-bond acceptors (Lipinski definition) is 3. The van der Waals surface area contributed by atoms with E-state index < -0.39 is 0 Å². The summed E-state index contributed by atoms with van der Waals surface area (Å²) in [6.45, 7) is 1.98. The molecule has 0 atom stereocenters. The first-order chi connectivity index (χ1) is 8.24. The van der Waals surface area contributed by atoms with E-state index in [0.29, 0.717) is 5.82 Å². The Balaban J connectivity index is 2.17. The normalized spacial score (nSPS) is 10.9. The van der Waals surface area contributed by atoms with E-state index >= 15 is 0 Å². The van der Waals surface area contributed by atoms with Crippen LogP contribution in [-0.2, 0) is 0 Å². The molecule has 0 saturated carbocycles. The van der Waals surface area contributed by atoms with E-state index in [1.165, 1.54) is 0 Å². The molecule has 0 aliphatic heterocycles. The zero-order chi connectivity index (χ0) is 11.8. The van der Waals surface area contributed by atoms with E-state index in [4.69, 9.17) is 5.73 Å². The number of hydrogen-bond donors (Lipinski definition) is 1. The summed E-state index contributed by atoms with van der Waals surface area (Å²) in [5, 5.41) is 4.40. The summed E-state index contributed by atoms with van der Waals surface area (Å²) < 4.78 is 1.76. The lowest BCUT2D eigenvalue weighted by Crippen LogP contribution is -1.91. The number of aromatic nitrogens is 3. The Bertz CT molecular complexity index is 652. The average molecular weight is 224 g/mol. The van der Waals surface area contributed by atoms with Crippen LogP contribution in [0.1, 0.15) is 5.56 Å². The molecule has 84 valence electrons. The first kappa shape index (κ1) is 9.84. The Morgan fingerprint density at radius 2 is 2.06 bits per heavy atom. The monoisotopic (exact) mass is 224 g/mol. The SMILES string of the molecule is Cc1ccc(-c2nc3ccccn3n2)cc1N. The van der Waals surface area contributed by atoms with Crippen LogP contribution >= 0.6 is 0 Å². The number of anilines is 1. The minimum Gasteiger partial charge on any atom is -0.398 e. The number of aryl methyl sites for hydroxylation is 1. The van der Waals surface area contributed by atoms with Crippen molar-refractivity contribution in [2.75, 3.05) is 5.73 Å². The fraction of sp³-hybridized carbons (Fsp3) is 0.0769. The predicted molar refractivity (Wildman–Crippen MR) is 67.6 cm³/mol. The molecule has 2 aromatic heterocycles. The van der Waals surface area contributed by atoms with Gasteiger partial charge in [0.2, 0.25) is 0 Å². The first-order valence-electron chi connectivity index (χ1n) is 5.42. The van der Waals surface area contributed by atoms with Gasteiger partial charge in [-0.1, -0.05) is 18.2 Å². The molecule has 17 heavy (non-hydrogen) atoms. The van der Waals surface area contributed by atoms with Crippen LogP contribution in [0.25, 0.3) is 17.0 Å². The Labute approximate surface area is 98.7 Å². The molecule has 2 heterocycles. The smallest absolute Gasteiger partial charge is 0.182 e. The number of rotatable bonds is 1. The number of nitrogens with zero attached hydrogens (tertiary/aromatic N) is 3. The highest BCUT2D eigenvalue weighted by Crippen LogP contribution is 2.21. The molecule has 3 rings (SSSR count). The van der Waals surface area contributed by atoms with E-state index in [1.807, 2.05) is 49.5 Å². The van der Waals surface area contributed by atoms with E-state index in [0.717, 1.165) is 22.5 Å². The van der Waals surface area contributed by atoms with Crippen LogP contribution in [0.4, 0.5) is 5.69 Å². The van der Waals surface area contributed by atoms with Gasteiger partial charge in [0.05, 0.1) is 0 Å². The molecular formula is C13H12N4. The molecular weight excluding hydrogens is 212 g/mol. The second kappa shape index (κ2) is 3.59. The molecule has 2 N–H and O–H groups in total. The van der Waals surface area contributed by atoms with Crippen molar-refractivity contribution in [3.05, 3.63) is 48.2 Å². The average Bonchev–Trinajstić information content (AvgIpc) is 2.76. The lowest BCUT2D eigenvalue weighted by molar-refractivity contribution is 0.966. The second-order valence-corrected chi connectivity index (χ2v) is 4.01. The lowest BCUT2D eigenvalue weighted by Gasteiger charge is -2.00. The van der Waals surface area contributed by atoms with Crippen molar-refractivity contribution in [1.82, 2.24) is 14.6 Å². The highest BCUT2D eigenvalue weighted by atomic mass is 15.3. The van der Waals surface area contributed by atoms with E-state index in [1.54, 1.807) is 4.52 Å². The topological polar surface area (TPSA) is 56.2 Å². The highest BCUT2D eigenvalue weighted by Gasteiger charge is 2.06. The third kappa shape index (κ3) is 1.63. The zero-order valence-corrected chi connectivity index (χ0v) is 9.46. The molecule has 0 spiro atoms. The van der Waals surface area contributed by atoms with Crippen molar-refractivity contribution < 1.29 is 0 Å². The van der Waals surface area contributed by atoms with E-state index in [9.17, 15) is 0 Å². The van der Waals surface area contributed by atoms with Crippen LogP contribution in [0.15, 0.2) is 42.6 Å². The largest absolute Gasteiger partial charge is 0.398 e. The molecule has 0 amide bonds. The Hall–Kier alpha value is -2.36. The summed E-state index contributed by atoms with van der Waals surface area (Å²) in [4.78, 5) is 4.45. The zero-order valence-electron chi connectivity index (χ0n) is 9.46. The number of fused-ring (bicyclic) bond motifs is 1. The molecule has 0 saturated heterocycles. The van der Waals surface area contributed by atoms with Crippen molar-refractivity contribution in [2.24, 2.45) is 0 Å². The quantitative estimate of drug-likeness (QED) is 0.645. The second-order valence-electron chi connectivity index (χ2n) is 4.01. The summed E-state index contributed by atoms with van der Waals surface area (Å²) in [5.41, 5.74) is 9.50. The lowest BCUT2D eigenvalue weighted by atomic mass is 10.1. The van der Waals surface area contributed by atoms with E-state index in [-0.39, 0.29) is 0 Å². The molecule has 0 unspecified atom stereocenters. The highest BCUT2D eigenvalue weighted by molar-refractivity contribution is 5.64. The summed E-state index contributed by atoms with van der Waals surface area (Å²) >= 11 is 0. The van der Waals surface area contributed by atoms with Crippen LogP contribution in [0, 0.1) is 6.92 Å². The number of pyridine rings is 1. The molecule has 4 nitrogen and oxygen atoms in total. The molecule has 1 aromatic carbocycles. The molecule has 0 radical (unpaired) electrons. The van der Waals surface area contributed by atoms with Gasteiger partial charge in [-0.25, -0.2) is 9.50 Å². The first-order valence-corrected chi connectivity index (χ1v) is 5.42. The minimum absolute atomic E-state index is 0.697. The van der Waals surface area contributed by atoms with Gasteiger partial charge in [-0.2, -0.15) is 0 Å². The Morgan fingerprint density at radius 1 is 1.18 bits per heavy atom. The third-order valence-corrected chi connectivity index (χ3v) is 2.78. The van der Waals surface area contributed by atoms with Crippen molar-refractivity contribution in [1.29, 1.82) is 0 Å².